The quantitative estimate of drug-likeness (QED) is 0.448. The van der Waals surface area contributed by atoms with E-state index in [1.54, 1.807) is 6.92 Å². The Balaban J connectivity index is 2.42. The molecule has 6 heteroatoms. The summed E-state index contributed by atoms with van der Waals surface area (Å²) in [6.07, 6.45) is -0.523. The van der Waals surface area contributed by atoms with Crippen LogP contribution in [0.15, 0.2) is 0 Å². The van der Waals surface area contributed by atoms with Gasteiger partial charge in [-0.15, -0.1) is 0 Å². The van der Waals surface area contributed by atoms with E-state index in [1.807, 2.05) is 29.5 Å². The molecule has 0 N–H and O–H groups in total. The van der Waals surface area contributed by atoms with Crippen molar-refractivity contribution in [2.45, 2.75) is 29.8 Å². The molecular formula is C9H13IO5. The average molecular weight is 328 g/mol. The molecule has 0 spiro atoms. The fourth-order valence-electron chi connectivity index (χ4n) is 0.898. The number of halogens is 1. The van der Waals surface area contributed by atoms with Gasteiger partial charge in [0.15, 0.2) is 6.10 Å². The zero-order chi connectivity index (χ0) is 11.5. The van der Waals surface area contributed by atoms with Crippen molar-refractivity contribution in [2.24, 2.45) is 0 Å². The van der Waals surface area contributed by atoms with Crippen molar-refractivity contribution in [1.82, 2.24) is 0 Å². The molecule has 0 aromatic carbocycles. The first-order valence-electron chi connectivity index (χ1n) is 4.65. The molecule has 15 heavy (non-hydrogen) atoms. The van der Waals surface area contributed by atoms with Crippen LogP contribution in [0, 0.1) is 0 Å². The second kappa shape index (κ2) is 5.00. The van der Waals surface area contributed by atoms with Crippen molar-refractivity contribution < 1.29 is 23.8 Å². The third kappa shape index (κ3) is 3.51. The van der Waals surface area contributed by atoms with Gasteiger partial charge in [0.2, 0.25) is 0 Å². The third-order valence-corrected chi connectivity index (χ3v) is 3.34. The summed E-state index contributed by atoms with van der Waals surface area (Å²) in [7, 11) is 0. The summed E-state index contributed by atoms with van der Waals surface area (Å²) in [5.41, 5.74) is 0. The van der Waals surface area contributed by atoms with Gasteiger partial charge in [0.05, 0.1) is 0 Å². The van der Waals surface area contributed by atoms with E-state index in [2.05, 4.69) is 9.47 Å². The Morgan fingerprint density at radius 2 is 2.13 bits per heavy atom. The number of hydrogen-bond donors (Lipinski definition) is 0. The lowest BCUT2D eigenvalue weighted by atomic mass is 10.1. The molecule has 1 unspecified atom stereocenters. The Bertz CT molecular complexity index is 253. The number of rotatable bonds is 3. The van der Waals surface area contributed by atoms with E-state index in [9.17, 15) is 9.59 Å². The molecule has 0 bridgehead atoms. The number of hydrogen-bond acceptors (Lipinski definition) is 5. The Morgan fingerprint density at radius 1 is 1.60 bits per heavy atom. The molecular weight excluding hydrogens is 315 g/mol. The lowest BCUT2D eigenvalue weighted by molar-refractivity contribution is -0.160. The number of alkyl halides is 1. The van der Waals surface area contributed by atoms with Gasteiger partial charge in [0.25, 0.3) is 0 Å². The minimum atomic E-state index is -0.713. The molecule has 1 saturated heterocycles. The van der Waals surface area contributed by atoms with Crippen LogP contribution in [0.4, 0.5) is 4.79 Å². The summed E-state index contributed by atoms with van der Waals surface area (Å²) in [5.74, 6) is -0.308. The van der Waals surface area contributed by atoms with Crippen LogP contribution in [0.3, 0.4) is 0 Å². The highest BCUT2D eigenvalue weighted by molar-refractivity contribution is 14.1. The molecule has 0 aromatic rings. The Kier molecular flexibility index (Phi) is 4.18. The van der Waals surface area contributed by atoms with Crippen LogP contribution < -0.4 is 0 Å². The third-order valence-electron chi connectivity index (χ3n) is 2.14. The molecule has 0 amide bonds. The van der Waals surface area contributed by atoms with Gasteiger partial charge in [0, 0.05) is 0 Å². The van der Waals surface area contributed by atoms with Crippen LogP contribution >= 0.6 is 22.6 Å². The molecule has 1 heterocycles. The summed E-state index contributed by atoms with van der Waals surface area (Å²) in [5, 5.41) is 0. The summed E-state index contributed by atoms with van der Waals surface area (Å²) in [6.45, 7) is 3.85. The van der Waals surface area contributed by atoms with Crippen LogP contribution in [-0.4, -0.2) is 34.9 Å². The van der Waals surface area contributed by atoms with Crippen LogP contribution in [0.2, 0.25) is 0 Å². The Labute approximate surface area is 102 Å². The molecule has 1 rings (SSSR count). The highest BCUT2D eigenvalue weighted by Crippen LogP contribution is 2.24. The second-order valence-electron chi connectivity index (χ2n) is 3.45. The highest BCUT2D eigenvalue weighted by Gasteiger charge is 2.33. The maximum absolute atomic E-state index is 11.6. The zero-order valence-electron chi connectivity index (χ0n) is 8.62. The molecule has 0 radical (unpaired) electrons. The first-order valence-corrected chi connectivity index (χ1v) is 5.73. The van der Waals surface area contributed by atoms with Gasteiger partial charge >= 0.3 is 12.1 Å². The van der Waals surface area contributed by atoms with E-state index in [-0.39, 0.29) is 19.2 Å². The van der Waals surface area contributed by atoms with E-state index in [1.165, 1.54) is 0 Å². The van der Waals surface area contributed by atoms with Gasteiger partial charge in [-0.3, -0.25) is 4.79 Å². The van der Waals surface area contributed by atoms with Gasteiger partial charge in [-0.1, -0.05) is 29.5 Å². The van der Waals surface area contributed by atoms with Crippen molar-refractivity contribution in [1.29, 1.82) is 0 Å². The summed E-state index contributed by atoms with van der Waals surface area (Å²) in [4.78, 5) is 22.2. The molecule has 1 aliphatic heterocycles. The van der Waals surface area contributed by atoms with Crippen LogP contribution in [0.25, 0.3) is 0 Å². The van der Waals surface area contributed by atoms with Crippen molar-refractivity contribution in [3.8, 4) is 0 Å². The van der Waals surface area contributed by atoms with Gasteiger partial charge in [-0.25, -0.2) is 4.79 Å². The number of carbonyl (C=O) groups is 2. The summed E-state index contributed by atoms with van der Waals surface area (Å²) in [6, 6.07) is 0. The summed E-state index contributed by atoms with van der Waals surface area (Å²) < 4.78 is 13.8. The van der Waals surface area contributed by atoms with Crippen molar-refractivity contribution in [3.05, 3.63) is 0 Å². The first kappa shape index (κ1) is 12.5. The Morgan fingerprint density at radius 3 is 2.60 bits per heavy atom. The standard InChI is InChI=1S/C9H13IO5/c1-3-9(2,10)7(11)15-6-4-13-8(12)14-5-6/h6H,3-5H2,1-2H3. The largest absolute Gasteiger partial charge is 0.508 e. The predicted molar refractivity (Wildman–Crippen MR) is 59.9 cm³/mol. The molecule has 0 aromatic heterocycles. The molecule has 86 valence electrons. The van der Waals surface area contributed by atoms with Gasteiger partial charge in [-0.2, -0.15) is 0 Å². The minimum absolute atomic E-state index is 0.0704. The van der Waals surface area contributed by atoms with E-state index in [0.717, 1.165) is 0 Å². The fourth-order valence-corrected chi connectivity index (χ4v) is 1.03. The second-order valence-corrected chi connectivity index (χ2v) is 5.83. The topological polar surface area (TPSA) is 61.8 Å². The molecule has 1 aliphatic rings. The zero-order valence-corrected chi connectivity index (χ0v) is 10.8. The monoisotopic (exact) mass is 328 g/mol. The normalized spacial score (nSPS) is 21.1. The Hall–Kier alpha value is -0.530. The molecule has 0 saturated carbocycles. The van der Waals surface area contributed by atoms with Crippen molar-refractivity contribution in [3.63, 3.8) is 0 Å². The SMILES string of the molecule is CCC(C)(I)C(=O)OC1COC(=O)OC1. The minimum Gasteiger partial charge on any atom is -0.454 e. The van der Waals surface area contributed by atoms with Crippen LogP contribution in [0.1, 0.15) is 20.3 Å². The lowest BCUT2D eigenvalue weighted by Gasteiger charge is -2.25. The first-order chi connectivity index (χ1) is 6.95. The smallest absolute Gasteiger partial charge is 0.454 e. The maximum atomic E-state index is 11.6. The molecule has 0 aliphatic carbocycles. The van der Waals surface area contributed by atoms with E-state index in [0.29, 0.717) is 6.42 Å². The number of ether oxygens (including phenoxy) is 3. The number of carbonyl (C=O) groups excluding carboxylic acids is 2. The van der Waals surface area contributed by atoms with Crippen molar-refractivity contribution >= 4 is 34.7 Å². The number of cyclic esters (lactones) is 2. The molecule has 1 fully saturated rings. The molecule has 5 nitrogen and oxygen atoms in total. The average Bonchev–Trinajstić information content (AvgIpc) is 2.21. The van der Waals surface area contributed by atoms with E-state index in [4.69, 9.17) is 4.74 Å². The van der Waals surface area contributed by atoms with Gasteiger partial charge in [-0.05, 0) is 13.3 Å². The molecule has 1 atom stereocenters. The van der Waals surface area contributed by atoms with Crippen LogP contribution in [0.5, 0.6) is 0 Å². The lowest BCUT2D eigenvalue weighted by Crippen LogP contribution is -2.40. The van der Waals surface area contributed by atoms with E-state index < -0.39 is 15.7 Å². The predicted octanol–water partition coefficient (Wildman–Crippen LogP) is 1.67. The van der Waals surface area contributed by atoms with Gasteiger partial charge < -0.3 is 14.2 Å². The van der Waals surface area contributed by atoms with Crippen molar-refractivity contribution in [2.75, 3.05) is 13.2 Å². The van der Waals surface area contributed by atoms with Crippen LogP contribution in [-0.2, 0) is 19.0 Å². The van der Waals surface area contributed by atoms with Gasteiger partial charge in [0.1, 0.15) is 16.6 Å². The fraction of sp³-hybridized carbons (Fsp3) is 0.778. The summed E-state index contributed by atoms with van der Waals surface area (Å²) >= 11 is 2.04. The van der Waals surface area contributed by atoms with E-state index >= 15 is 0 Å². The highest BCUT2D eigenvalue weighted by atomic mass is 127. The maximum Gasteiger partial charge on any atom is 0.508 e. The number of esters is 1.